The van der Waals surface area contributed by atoms with Gasteiger partial charge in [0, 0.05) is 23.7 Å². The standard InChI is InChI=1S/C29H31ClFN3O4S/c1-20-17-32(18-21(2)33(20)29(37)38-19-22-8-4-3-5-9-22)28(36)27(25-12-7-13-39-25)34(26(35)15-30)24-11-6-10-23(14-24)16-31/h3-14,20-21,27H,15-19H2,1-2H3. The minimum absolute atomic E-state index is 0.159. The Morgan fingerprint density at radius 3 is 2.33 bits per heavy atom. The second kappa shape index (κ2) is 13.1. The Hall–Kier alpha value is -3.43. The SMILES string of the molecule is CC1CN(C(=O)C(c2cccs2)N(C(=O)CCl)c2cccc(CF)c2)CC(C)N1C(=O)OCc1ccccc1. The Balaban J connectivity index is 1.57. The molecule has 3 atom stereocenters. The van der Waals surface area contributed by atoms with E-state index in [1.54, 1.807) is 40.1 Å². The molecule has 206 valence electrons. The summed E-state index contributed by atoms with van der Waals surface area (Å²) in [5, 5.41) is 1.84. The van der Waals surface area contributed by atoms with Crippen LogP contribution in [0, 0.1) is 0 Å². The third-order valence-corrected chi connectivity index (χ3v) is 7.83. The van der Waals surface area contributed by atoms with Crippen molar-refractivity contribution in [3.8, 4) is 0 Å². The van der Waals surface area contributed by atoms with E-state index < -0.39 is 24.7 Å². The van der Waals surface area contributed by atoms with Gasteiger partial charge >= 0.3 is 6.09 Å². The first-order valence-corrected chi connectivity index (χ1v) is 14.1. The average molecular weight is 572 g/mol. The van der Waals surface area contributed by atoms with Gasteiger partial charge in [0.25, 0.3) is 5.91 Å². The summed E-state index contributed by atoms with van der Waals surface area (Å²) in [5.41, 5.74) is 1.67. The van der Waals surface area contributed by atoms with Crippen LogP contribution in [0.5, 0.6) is 0 Å². The Labute approximate surface area is 236 Å². The second-order valence-corrected chi connectivity index (χ2v) is 10.8. The van der Waals surface area contributed by atoms with Crippen LogP contribution in [0.2, 0.25) is 0 Å². The van der Waals surface area contributed by atoms with Gasteiger partial charge in [-0.2, -0.15) is 0 Å². The number of piperazine rings is 1. The molecule has 1 aliphatic heterocycles. The molecule has 3 amide bonds. The van der Waals surface area contributed by atoms with Crippen molar-refractivity contribution in [2.24, 2.45) is 0 Å². The van der Waals surface area contributed by atoms with E-state index in [0.29, 0.717) is 16.1 Å². The zero-order chi connectivity index (χ0) is 27.9. The Bertz CT molecular complexity index is 1260. The van der Waals surface area contributed by atoms with Gasteiger partial charge < -0.3 is 9.64 Å². The number of nitrogens with zero attached hydrogens (tertiary/aromatic N) is 3. The fourth-order valence-electron chi connectivity index (χ4n) is 4.93. The number of benzene rings is 2. The van der Waals surface area contributed by atoms with Gasteiger partial charge in [-0.25, -0.2) is 9.18 Å². The molecule has 2 heterocycles. The molecular formula is C29H31ClFN3O4S. The normalized spacial score (nSPS) is 17.9. The molecule has 0 spiro atoms. The van der Waals surface area contributed by atoms with Crippen LogP contribution < -0.4 is 4.90 Å². The van der Waals surface area contributed by atoms with E-state index in [4.69, 9.17) is 16.3 Å². The number of carbonyl (C=O) groups excluding carboxylic acids is 3. The summed E-state index contributed by atoms with van der Waals surface area (Å²) in [7, 11) is 0. The maximum Gasteiger partial charge on any atom is 0.410 e. The molecule has 10 heteroatoms. The third kappa shape index (κ3) is 6.59. The number of hydrogen-bond donors (Lipinski definition) is 0. The fourth-order valence-corrected chi connectivity index (χ4v) is 5.86. The fraction of sp³-hybridized carbons (Fsp3) is 0.345. The molecule has 3 aromatic rings. The molecule has 0 bridgehead atoms. The van der Waals surface area contributed by atoms with E-state index >= 15 is 0 Å². The lowest BCUT2D eigenvalue weighted by atomic mass is 10.0. The van der Waals surface area contributed by atoms with Crippen LogP contribution in [0.1, 0.15) is 35.9 Å². The molecule has 7 nitrogen and oxygen atoms in total. The van der Waals surface area contributed by atoms with E-state index in [1.165, 1.54) is 16.2 Å². The zero-order valence-corrected chi connectivity index (χ0v) is 23.4. The van der Waals surface area contributed by atoms with E-state index in [-0.39, 0.29) is 43.6 Å². The average Bonchev–Trinajstić information content (AvgIpc) is 3.48. The Morgan fingerprint density at radius 2 is 1.72 bits per heavy atom. The van der Waals surface area contributed by atoms with Crippen molar-refractivity contribution >= 4 is 46.5 Å². The second-order valence-electron chi connectivity index (χ2n) is 9.51. The van der Waals surface area contributed by atoms with Crippen molar-refractivity contribution in [1.82, 2.24) is 9.80 Å². The topological polar surface area (TPSA) is 70.2 Å². The molecule has 0 saturated carbocycles. The molecule has 0 N–H and O–H groups in total. The smallest absolute Gasteiger partial charge is 0.410 e. The van der Waals surface area contributed by atoms with E-state index in [0.717, 1.165) is 5.56 Å². The van der Waals surface area contributed by atoms with Gasteiger partial charge in [0.05, 0.1) is 12.1 Å². The van der Waals surface area contributed by atoms with Crippen molar-refractivity contribution in [2.75, 3.05) is 23.9 Å². The van der Waals surface area contributed by atoms with Crippen LogP contribution in [-0.4, -0.2) is 58.8 Å². The van der Waals surface area contributed by atoms with Crippen molar-refractivity contribution in [3.63, 3.8) is 0 Å². The van der Waals surface area contributed by atoms with Crippen molar-refractivity contribution in [2.45, 2.75) is 45.3 Å². The van der Waals surface area contributed by atoms with Crippen LogP contribution in [0.3, 0.4) is 0 Å². The monoisotopic (exact) mass is 571 g/mol. The summed E-state index contributed by atoms with van der Waals surface area (Å²) in [4.78, 5) is 45.6. The van der Waals surface area contributed by atoms with Crippen LogP contribution in [0.4, 0.5) is 14.9 Å². The maximum absolute atomic E-state index is 14.2. The lowest BCUT2D eigenvalue weighted by molar-refractivity contribution is -0.138. The number of rotatable bonds is 8. The molecule has 1 aromatic heterocycles. The van der Waals surface area contributed by atoms with Crippen LogP contribution in [0.15, 0.2) is 72.1 Å². The summed E-state index contributed by atoms with van der Waals surface area (Å²) < 4.78 is 19.0. The molecule has 2 aromatic carbocycles. The number of anilines is 1. The van der Waals surface area contributed by atoms with Gasteiger partial charge in [-0.1, -0.05) is 48.5 Å². The minimum Gasteiger partial charge on any atom is -0.445 e. The summed E-state index contributed by atoms with van der Waals surface area (Å²) in [6.45, 7) is 3.72. The molecule has 0 radical (unpaired) electrons. The highest BCUT2D eigenvalue weighted by Gasteiger charge is 2.41. The molecule has 3 unspecified atom stereocenters. The first-order valence-electron chi connectivity index (χ1n) is 12.7. The van der Waals surface area contributed by atoms with E-state index in [1.807, 2.05) is 55.6 Å². The quantitative estimate of drug-likeness (QED) is 0.321. The van der Waals surface area contributed by atoms with Gasteiger partial charge in [-0.05, 0) is 48.6 Å². The lowest BCUT2D eigenvalue weighted by Crippen LogP contribution is -2.61. The lowest BCUT2D eigenvalue weighted by Gasteiger charge is -2.45. The van der Waals surface area contributed by atoms with E-state index in [9.17, 15) is 18.8 Å². The predicted molar refractivity (Wildman–Crippen MR) is 150 cm³/mol. The number of hydrogen-bond acceptors (Lipinski definition) is 5. The molecule has 1 fully saturated rings. The Morgan fingerprint density at radius 1 is 1.03 bits per heavy atom. The number of amides is 3. The highest BCUT2D eigenvalue weighted by molar-refractivity contribution is 7.10. The van der Waals surface area contributed by atoms with Gasteiger partial charge in [-0.3, -0.25) is 19.4 Å². The number of carbonyl (C=O) groups is 3. The van der Waals surface area contributed by atoms with Crippen molar-refractivity contribution in [1.29, 1.82) is 0 Å². The third-order valence-electron chi connectivity index (χ3n) is 6.68. The summed E-state index contributed by atoms with van der Waals surface area (Å²) in [5.74, 6) is -1.11. The van der Waals surface area contributed by atoms with Crippen LogP contribution >= 0.6 is 22.9 Å². The van der Waals surface area contributed by atoms with Gasteiger partial charge in [0.1, 0.15) is 25.2 Å². The number of alkyl halides is 2. The molecule has 0 aliphatic carbocycles. The van der Waals surface area contributed by atoms with Gasteiger partial charge in [0.2, 0.25) is 5.91 Å². The predicted octanol–water partition coefficient (Wildman–Crippen LogP) is 5.79. The number of ether oxygens (including phenoxy) is 1. The van der Waals surface area contributed by atoms with Gasteiger partial charge in [-0.15, -0.1) is 22.9 Å². The molecule has 1 aliphatic rings. The highest BCUT2D eigenvalue weighted by atomic mass is 35.5. The van der Waals surface area contributed by atoms with Gasteiger partial charge in [0.15, 0.2) is 0 Å². The molecule has 39 heavy (non-hydrogen) atoms. The summed E-state index contributed by atoms with van der Waals surface area (Å²) >= 11 is 7.35. The summed E-state index contributed by atoms with van der Waals surface area (Å²) in [6.07, 6.45) is -0.442. The highest BCUT2D eigenvalue weighted by Crippen LogP contribution is 2.34. The number of halogens is 2. The molecule has 1 saturated heterocycles. The Kier molecular flexibility index (Phi) is 9.59. The molecular weight excluding hydrogens is 541 g/mol. The minimum atomic E-state index is -0.984. The zero-order valence-electron chi connectivity index (χ0n) is 21.8. The van der Waals surface area contributed by atoms with Crippen LogP contribution in [-0.2, 0) is 27.6 Å². The van der Waals surface area contributed by atoms with Crippen LogP contribution in [0.25, 0.3) is 0 Å². The van der Waals surface area contributed by atoms with Crippen molar-refractivity contribution < 1.29 is 23.5 Å². The van der Waals surface area contributed by atoms with Crippen molar-refractivity contribution in [3.05, 3.63) is 88.1 Å². The number of thiophene rings is 1. The molecule has 4 rings (SSSR count). The first kappa shape index (κ1) is 28.6. The first-order chi connectivity index (χ1) is 18.8. The largest absolute Gasteiger partial charge is 0.445 e. The maximum atomic E-state index is 14.2. The van der Waals surface area contributed by atoms with E-state index in [2.05, 4.69) is 0 Å². The summed E-state index contributed by atoms with van der Waals surface area (Å²) in [6, 6.07) is 17.9.